The van der Waals surface area contributed by atoms with Crippen LogP contribution in [-0.4, -0.2) is 24.8 Å². The second-order valence-electron chi connectivity index (χ2n) is 3.91. The van der Waals surface area contributed by atoms with E-state index in [0.29, 0.717) is 18.7 Å². The Morgan fingerprint density at radius 1 is 1.41 bits per heavy atom. The normalized spacial score (nSPS) is 14.2. The second kappa shape index (κ2) is 4.95. The fourth-order valence-corrected chi connectivity index (χ4v) is 1.80. The van der Waals surface area contributed by atoms with Crippen molar-refractivity contribution in [3.05, 3.63) is 47.0 Å². The number of ether oxygens (including phenoxy) is 1. The molecule has 0 spiro atoms. The largest absolute Gasteiger partial charge is 0.463 e. The van der Waals surface area contributed by atoms with E-state index in [1.807, 2.05) is 37.3 Å². The maximum atomic E-state index is 11.5. The van der Waals surface area contributed by atoms with Crippen LogP contribution < -0.4 is 0 Å². The predicted molar refractivity (Wildman–Crippen MR) is 67.3 cm³/mol. The van der Waals surface area contributed by atoms with Crippen molar-refractivity contribution in [2.24, 2.45) is 4.99 Å². The summed E-state index contributed by atoms with van der Waals surface area (Å²) in [5.41, 5.74) is 3.73. The van der Waals surface area contributed by atoms with E-state index in [0.717, 1.165) is 16.8 Å². The number of aryl methyl sites for hydroxylation is 1. The van der Waals surface area contributed by atoms with Crippen LogP contribution in [0.1, 0.15) is 18.1 Å². The zero-order valence-electron chi connectivity index (χ0n) is 10.1. The molecule has 1 heterocycles. The number of aliphatic imine (C=N–C) groups is 1. The van der Waals surface area contributed by atoms with Crippen LogP contribution in [0.15, 0.2) is 40.9 Å². The lowest BCUT2D eigenvalue weighted by atomic mass is 10.0. The molecule has 3 nitrogen and oxygen atoms in total. The molecule has 0 bridgehead atoms. The molecule has 0 unspecified atom stereocenters. The molecule has 0 fully saturated rings. The summed E-state index contributed by atoms with van der Waals surface area (Å²) in [6, 6.07) is 8.01. The number of hydrogen-bond donors (Lipinski definition) is 0. The predicted octanol–water partition coefficient (Wildman–Crippen LogP) is 2.29. The molecule has 0 atom stereocenters. The number of nitrogens with zero attached hydrogens (tertiary/aromatic N) is 1. The van der Waals surface area contributed by atoms with Crippen molar-refractivity contribution in [3.63, 3.8) is 0 Å². The summed E-state index contributed by atoms with van der Waals surface area (Å²) in [5.74, 6) is -0.264. The lowest BCUT2D eigenvalue weighted by Crippen LogP contribution is -2.08. The van der Waals surface area contributed by atoms with E-state index < -0.39 is 0 Å². The summed E-state index contributed by atoms with van der Waals surface area (Å²) in [5, 5.41) is 0. The third-order valence-corrected chi connectivity index (χ3v) is 2.69. The minimum atomic E-state index is -0.264. The van der Waals surface area contributed by atoms with Gasteiger partial charge in [-0.25, -0.2) is 4.79 Å². The molecule has 88 valence electrons. The van der Waals surface area contributed by atoms with Gasteiger partial charge >= 0.3 is 5.97 Å². The van der Waals surface area contributed by atoms with Gasteiger partial charge in [-0.3, -0.25) is 4.99 Å². The molecular weight excluding hydrogens is 214 g/mol. The molecule has 17 heavy (non-hydrogen) atoms. The van der Waals surface area contributed by atoms with E-state index in [2.05, 4.69) is 4.99 Å². The zero-order chi connectivity index (χ0) is 12.3. The topological polar surface area (TPSA) is 38.7 Å². The fourth-order valence-electron chi connectivity index (χ4n) is 1.80. The molecular formula is C14H15NO2. The molecule has 1 aromatic carbocycles. The first-order valence-electron chi connectivity index (χ1n) is 5.70. The second-order valence-corrected chi connectivity index (χ2v) is 3.91. The highest BCUT2D eigenvalue weighted by Gasteiger charge is 2.17. The lowest BCUT2D eigenvalue weighted by molar-refractivity contribution is -0.138. The summed E-state index contributed by atoms with van der Waals surface area (Å²) >= 11 is 0. The van der Waals surface area contributed by atoms with Gasteiger partial charge in [0.1, 0.15) is 0 Å². The Bertz CT molecular complexity index is 501. The van der Waals surface area contributed by atoms with Gasteiger partial charge in [-0.1, -0.05) is 24.3 Å². The standard InChI is InChI=1S/C14H15NO2/c1-3-17-14(16)11-8-13(15-9-11)12-7-5-4-6-10(12)2/h4-8H,3,9H2,1-2H3. The van der Waals surface area contributed by atoms with Gasteiger partial charge in [0, 0.05) is 5.56 Å². The van der Waals surface area contributed by atoms with E-state index in [1.54, 1.807) is 6.92 Å². The first-order valence-corrected chi connectivity index (χ1v) is 5.70. The lowest BCUT2D eigenvalue weighted by Gasteiger charge is -2.02. The Kier molecular flexibility index (Phi) is 3.38. The van der Waals surface area contributed by atoms with Crippen LogP contribution >= 0.6 is 0 Å². The first-order chi connectivity index (χ1) is 8.22. The number of carbonyl (C=O) groups excluding carboxylic acids is 1. The van der Waals surface area contributed by atoms with Gasteiger partial charge in [0.25, 0.3) is 0 Å². The summed E-state index contributed by atoms with van der Waals surface area (Å²) < 4.78 is 4.96. The van der Waals surface area contributed by atoms with Crippen molar-refractivity contribution in [1.29, 1.82) is 0 Å². The minimum Gasteiger partial charge on any atom is -0.463 e. The third kappa shape index (κ3) is 2.44. The monoisotopic (exact) mass is 229 g/mol. The Morgan fingerprint density at radius 3 is 2.88 bits per heavy atom. The fraction of sp³-hybridized carbons (Fsp3) is 0.286. The molecule has 0 saturated heterocycles. The van der Waals surface area contributed by atoms with Crippen molar-refractivity contribution in [2.45, 2.75) is 13.8 Å². The van der Waals surface area contributed by atoms with Crippen LogP contribution in [0.3, 0.4) is 0 Å². The van der Waals surface area contributed by atoms with E-state index in [-0.39, 0.29) is 5.97 Å². The Morgan fingerprint density at radius 2 is 2.18 bits per heavy atom. The number of esters is 1. The smallest absolute Gasteiger partial charge is 0.335 e. The van der Waals surface area contributed by atoms with Gasteiger partial charge in [0.15, 0.2) is 0 Å². The van der Waals surface area contributed by atoms with E-state index in [9.17, 15) is 4.79 Å². The maximum absolute atomic E-state index is 11.5. The van der Waals surface area contributed by atoms with Crippen LogP contribution in [0.25, 0.3) is 0 Å². The molecule has 0 aliphatic carbocycles. The summed E-state index contributed by atoms with van der Waals surface area (Å²) in [7, 11) is 0. The quantitative estimate of drug-likeness (QED) is 0.746. The van der Waals surface area contributed by atoms with Gasteiger partial charge in [0.2, 0.25) is 0 Å². The van der Waals surface area contributed by atoms with Crippen LogP contribution in [0.5, 0.6) is 0 Å². The van der Waals surface area contributed by atoms with Crippen molar-refractivity contribution in [3.8, 4) is 0 Å². The van der Waals surface area contributed by atoms with E-state index in [4.69, 9.17) is 4.74 Å². The average Bonchev–Trinajstić information content (AvgIpc) is 2.79. The highest BCUT2D eigenvalue weighted by Crippen LogP contribution is 2.16. The highest BCUT2D eigenvalue weighted by molar-refractivity contribution is 6.15. The van der Waals surface area contributed by atoms with Crippen LogP contribution in [0, 0.1) is 6.92 Å². The molecule has 0 N–H and O–H groups in total. The summed E-state index contributed by atoms with van der Waals surface area (Å²) in [6.07, 6.45) is 1.82. The van der Waals surface area contributed by atoms with Gasteiger partial charge in [-0.05, 0) is 25.5 Å². The van der Waals surface area contributed by atoms with Gasteiger partial charge < -0.3 is 4.74 Å². The molecule has 2 rings (SSSR count). The van der Waals surface area contributed by atoms with Gasteiger partial charge in [-0.2, -0.15) is 0 Å². The van der Waals surface area contributed by atoms with Crippen molar-refractivity contribution >= 4 is 11.7 Å². The van der Waals surface area contributed by atoms with Gasteiger partial charge in [-0.15, -0.1) is 0 Å². The Balaban J connectivity index is 2.21. The minimum absolute atomic E-state index is 0.264. The maximum Gasteiger partial charge on any atom is 0.335 e. The molecule has 1 aliphatic rings. The highest BCUT2D eigenvalue weighted by atomic mass is 16.5. The number of carbonyl (C=O) groups is 1. The van der Waals surface area contributed by atoms with Gasteiger partial charge in [0.05, 0.1) is 24.4 Å². The molecule has 0 radical (unpaired) electrons. The van der Waals surface area contributed by atoms with Crippen LogP contribution in [-0.2, 0) is 9.53 Å². The molecule has 1 aromatic rings. The molecule has 0 saturated carbocycles. The number of benzene rings is 1. The summed E-state index contributed by atoms with van der Waals surface area (Å²) in [6.45, 7) is 4.66. The van der Waals surface area contributed by atoms with Crippen molar-refractivity contribution in [1.82, 2.24) is 0 Å². The third-order valence-electron chi connectivity index (χ3n) is 2.69. The number of allylic oxidation sites excluding steroid dienone is 1. The first kappa shape index (κ1) is 11.6. The van der Waals surface area contributed by atoms with E-state index >= 15 is 0 Å². The number of hydrogen-bond acceptors (Lipinski definition) is 3. The zero-order valence-corrected chi connectivity index (χ0v) is 10.1. The van der Waals surface area contributed by atoms with Crippen molar-refractivity contribution < 1.29 is 9.53 Å². The SMILES string of the molecule is CCOC(=O)C1=CC(c2ccccc2C)=NC1. The van der Waals surface area contributed by atoms with E-state index in [1.165, 1.54) is 0 Å². The Hall–Kier alpha value is -1.90. The summed E-state index contributed by atoms with van der Waals surface area (Å²) in [4.78, 5) is 15.9. The molecule has 0 amide bonds. The van der Waals surface area contributed by atoms with Crippen molar-refractivity contribution in [2.75, 3.05) is 13.2 Å². The molecule has 1 aliphatic heterocycles. The van der Waals surface area contributed by atoms with Crippen LogP contribution in [0.4, 0.5) is 0 Å². The molecule has 0 aromatic heterocycles. The van der Waals surface area contributed by atoms with Crippen LogP contribution in [0.2, 0.25) is 0 Å². The average molecular weight is 229 g/mol. The Labute approximate surface area is 101 Å². The number of rotatable bonds is 3. The molecule has 3 heteroatoms.